The van der Waals surface area contributed by atoms with Gasteiger partial charge in [-0.1, -0.05) is 30.3 Å². The largest absolute Gasteiger partial charge is 0.295 e. The molecule has 0 radical (unpaired) electrons. The van der Waals surface area contributed by atoms with E-state index >= 15 is 0 Å². The summed E-state index contributed by atoms with van der Waals surface area (Å²) in [5.74, 6) is -0.115. The Morgan fingerprint density at radius 1 is 1.35 bits per heavy atom. The lowest BCUT2D eigenvalue weighted by atomic mass is 10.2. The third-order valence-corrected chi connectivity index (χ3v) is 3.58. The molecule has 0 aliphatic carbocycles. The maximum Gasteiger partial charge on any atom is 0.240 e. The zero-order valence-corrected chi connectivity index (χ0v) is 10.8. The molecule has 1 N–H and O–H groups in total. The quantitative estimate of drug-likeness (QED) is 0.834. The maximum atomic E-state index is 11.7. The molecule has 0 unspecified atom stereocenters. The summed E-state index contributed by atoms with van der Waals surface area (Å²) < 4.78 is 25.7. The fourth-order valence-electron chi connectivity index (χ4n) is 1.13. The molecule has 0 atom stereocenters. The fraction of sp³-hybridized carbons (Fsp3) is 0.182. The lowest BCUT2D eigenvalue weighted by Crippen LogP contribution is -2.24. The Balaban J connectivity index is 2.92. The van der Waals surface area contributed by atoms with E-state index in [9.17, 15) is 13.2 Å². The van der Waals surface area contributed by atoms with Crippen LogP contribution in [0.25, 0.3) is 0 Å². The van der Waals surface area contributed by atoms with Crippen molar-refractivity contribution in [2.24, 2.45) is 0 Å². The van der Waals surface area contributed by atoms with Crippen molar-refractivity contribution in [1.29, 1.82) is 0 Å². The Kier molecular flexibility index (Phi) is 4.45. The first kappa shape index (κ1) is 13.9. The number of ketones is 1. The highest BCUT2D eigenvalue weighted by Gasteiger charge is 2.13. The van der Waals surface area contributed by atoms with Crippen LogP contribution in [-0.2, 0) is 10.0 Å². The van der Waals surface area contributed by atoms with Crippen LogP contribution >= 0.6 is 11.6 Å². The van der Waals surface area contributed by atoms with Crippen LogP contribution in [0.2, 0.25) is 0 Å². The Bertz CT molecular complexity index is 534. The molecule has 1 aromatic rings. The van der Waals surface area contributed by atoms with Crippen LogP contribution in [0.5, 0.6) is 0 Å². The maximum absolute atomic E-state index is 11.7. The van der Waals surface area contributed by atoms with Crippen molar-refractivity contribution in [3.63, 3.8) is 0 Å². The SMILES string of the molecule is C=C(Cl)CNS(=O)(=O)c1ccc(C(C)=O)cc1. The van der Waals surface area contributed by atoms with Crippen molar-refractivity contribution in [1.82, 2.24) is 4.72 Å². The zero-order valence-electron chi connectivity index (χ0n) is 9.23. The minimum Gasteiger partial charge on any atom is -0.295 e. The van der Waals surface area contributed by atoms with Crippen molar-refractivity contribution >= 4 is 27.4 Å². The third kappa shape index (κ3) is 3.96. The molecule has 4 nitrogen and oxygen atoms in total. The van der Waals surface area contributed by atoms with Gasteiger partial charge < -0.3 is 0 Å². The number of benzene rings is 1. The van der Waals surface area contributed by atoms with E-state index < -0.39 is 10.0 Å². The average molecular weight is 274 g/mol. The van der Waals surface area contributed by atoms with E-state index in [0.717, 1.165) is 0 Å². The van der Waals surface area contributed by atoms with Crippen molar-refractivity contribution in [3.8, 4) is 0 Å². The Morgan fingerprint density at radius 2 is 1.88 bits per heavy atom. The highest BCUT2D eigenvalue weighted by Crippen LogP contribution is 2.11. The molecule has 0 amide bonds. The van der Waals surface area contributed by atoms with Crippen molar-refractivity contribution in [2.75, 3.05) is 6.54 Å². The monoisotopic (exact) mass is 273 g/mol. The van der Waals surface area contributed by atoms with Gasteiger partial charge in [0.1, 0.15) is 0 Å². The molecule has 0 heterocycles. The lowest BCUT2D eigenvalue weighted by Gasteiger charge is -2.06. The first-order valence-electron chi connectivity index (χ1n) is 4.77. The second-order valence-corrected chi connectivity index (χ2v) is 5.72. The number of Topliss-reactive ketones (excluding diaryl/α,β-unsaturated/α-hetero) is 1. The highest BCUT2D eigenvalue weighted by atomic mass is 35.5. The van der Waals surface area contributed by atoms with Crippen molar-refractivity contribution in [3.05, 3.63) is 41.4 Å². The smallest absolute Gasteiger partial charge is 0.240 e. The number of nitrogens with one attached hydrogen (secondary N) is 1. The first-order chi connectivity index (χ1) is 7.83. The summed E-state index contributed by atoms with van der Waals surface area (Å²) >= 11 is 5.47. The van der Waals surface area contributed by atoms with Crippen LogP contribution in [0.4, 0.5) is 0 Å². The molecule has 0 saturated heterocycles. The molecule has 92 valence electrons. The molecule has 17 heavy (non-hydrogen) atoms. The van der Waals surface area contributed by atoms with Crippen molar-refractivity contribution in [2.45, 2.75) is 11.8 Å². The van der Waals surface area contributed by atoms with Crippen LogP contribution in [0.1, 0.15) is 17.3 Å². The van der Waals surface area contributed by atoms with Crippen LogP contribution in [-0.4, -0.2) is 20.7 Å². The number of carbonyl (C=O) groups is 1. The van der Waals surface area contributed by atoms with Gasteiger partial charge in [0, 0.05) is 17.1 Å². The first-order valence-corrected chi connectivity index (χ1v) is 6.63. The molecule has 6 heteroatoms. The van der Waals surface area contributed by atoms with E-state index in [1.165, 1.54) is 31.2 Å². The molecule has 1 rings (SSSR count). The fourth-order valence-corrected chi connectivity index (χ4v) is 2.30. The van der Waals surface area contributed by atoms with Gasteiger partial charge in [-0.15, -0.1) is 0 Å². The second-order valence-electron chi connectivity index (χ2n) is 3.42. The number of hydrogen-bond donors (Lipinski definition) is 1. The third-order valence-electron chi connectivity index (χ3n) is 2.03. The normalized spacial score (nSPS) is 11.2. The van der Waals surface area contributed by atoms with Gasteiger partial charge in [0.15, 0.2) is 5.78 Å². The van der Waals surface area contributed by atoms with E-state index in [4.69, 9.17) is 11.6 Å². The van der Waals surface area contributed by atoms with Crippen molar-refractivity contribution < 1.29 is 13.2 Å². The molecular formula is C11H12ClNO3S. The predicted molar refractivity (Wildman–Crippen MR) is 66.6 cm³/mol. The van der Waals surface area contributed by atoms with Crippen LogP contribution < -0.4 is 4.72 Å². The summed E-state index contributed by atoms with van der Waals surface area (Å²) in [5, 5.41) is 0.203. The average Bonchev–Trinajstić information content (AvgIpc) is 2.27. The number of hydrogen-bond acceptors (Lipinski definition) is 3. The number of halogens is 1. The highest BCUT2D eigenvalue weighted by molar-refractivity contribution is 7.89. The molecule has 0 spiro atoms. The molecule has 1 aromatic carbocycles. The molecular weight excluding hydrogens is 262 g/mol. The Morgan fingerprint density at radius 3 is 2.29 bits per heavy atom. The minimum absolute atomic E-state index is 0.0294. The van der Waals surface area contributed by atoms with E-state index in [2.05, 4.69) is 11.3 Å². The summed E-state index contributed by atoms with van der Waals surface area (Å²) in [4.78, 5) is 11.1. The van der Waals surface area contributed by atoms with Crippen LogP contribution in [0.3, 0.4) is 0 Å². The molecule has 0 aliphatic heterocycles. The lowest BCUT2D eigenvalue weighted by molar-refractivity contribution is 0.101. The Hall–Kier alpha value is -1.17. The van der Waals surface area contributed by atoms with Gasteiger partial charge in [-0.05, 0) is 19.1 Å². The van der Waals surface area contributed by atoms with Gasteiger partial charge in [0.2, 0.25) is 10.0 Å². The second kappa shape index (κ2) is 5.44. The molecule has 0 fully saturated rings. The molecule has 0 aliphatic rings. The number of rotatable bonds is 5. The van der Waals surface area contributed by atoms with Crippen LogP contribution in [0, 0.1) is 0 Å². The van der Waals surface area contributed by atoms with E-state index in [0.29, 0.717) is 5.56 Å². The summed E-state index contributed by atoms with van der Waals surface area (Å²) in [5.41, 5.74) is 0.464. The molecule has 0 saturated carbocycles. The van der Waals surface area contributed by atoms with Gasteiger partial charge in [-0.2, -0.15) is 0 Å². The van der Waals surface area contributed by atoms with Gasteiger partial charge in [-0.3, -0.25) is 4.79 Å². The van der Waals surface area contributed by atoms with Gasteiger partial charge >= 0.3 is 0 Å². The van der Waals surface area contributed by atoms with E-state index in [-0.39, 0.29) is 22.3 Å². The van der Waals surface area contributed by atoms with Gasteiger partial charge in [0.25, 0.3) is 0 Å². The van der Waals surface area contributed by atoms with Gasteiger partial charge in [-0.25, -0.2) is 13.1 Å². The summed E-state index contributed by atoms with van der Waals surface area (Å²) in [6.45, 7) is 4.77. The zero-order chi connectivity index (χ0) is 13.1. The molecule has 0 aromatic heterocycles. The topological polar surface area (TPSA) is 63.2 Å². The molecule has 0 bridgehead atoms. The Labute approximate surface area is 105 Å². The van der Waals surface area contributed by atoms with Crippen LogP contribution in [0.15, 0.2) is 40.8 Å². The number of carbonyl (C=O) groups excluding carboxylic acids is 1. The van der Waals surface area contributed by atoms with Gasteiger partial charge in [0.05, 0.1) is 4.90 Å². The predicted octanol–water partition coefficient (Wildman–Crippen LogP) is 1.92. The standard InChI is InChI=1S/C11H12ClNO3S/c1-8(12)7-13-17(15,16)11-5-3-10(4-6-11)9(2)14/h3-6,13H,1,7H2,2H3. The summed E-state index contributed by atoms with van der Waals surface area (Å²) in [6, 6.07) is 5.67. The summed E-state index contributed by atoms with van der Waals surface area (Å²) in [7, 11) is -3.60. The van der Waals surface area contributed by atoms with E-state index in [1.807, 2.05) is 0 Å². The summed E-state index contributed by atoms with van der Waals surface area (Å²) in [6.07, 6.45) is 0. The minimum atomic E-state index is -3.60. The van der Waals surface area contributed by atoms with E-state index in [1.54, 1.807) is 0 Å². The number of sulfonamides is 1.